The smallest absolute Gasteiger partial charge is 0.286 e. The van der Waals surface area contributed by atoms with Crippen molar-refractivity contribution >= 4 is 28.5 Å². The Morgan fingerprint density at radius 1 is 1.19 bits per heavy atom. The lowest BCUT2D eigenvalue weighted by molar-refractivity contribution is 0.0977. The van der Waals surface area contributed by atoms with Crippen molar-refractivity contribution < 1.29 is 23.5 Å². The number of hydrogen-bond acceptors (Lipinski definition) is 5. The third kappa shape index (κ3) is 3.19. The highest BCUT2D eigenvalue weighted by molar-refractivity contribution is 6.14. The number of hydrogen-bond donors (Lipinski definition) is 2. The number of amides is 2. The normalized spacial score (nSPS) is 10.5. The molecule has 134 valence electrons. The van der Waals surface area contributed by atoms with E-state index in [9.17, 15) is 9.59 Å². The summed E-state index contributed by atoms with van der Waals surface area (Å²) in [5, 5.41) is 3.24. The van der Waals surface area contributed by atoms with Crippen molar-refractivity contribution in [2.75, 3.05) is 19.0 Å². The zero-order chi connectivity index (χ0) is 18.7. The summed E-state index contributed by atoms with van der Waals surface area (Å²) < 4.78 is 16.2. The van der Waals surface area contributed by atoms with E-state index in [0.29, 0.717) is 34.6 Å². The Balaban J connectivity index is 2.05. The molecule has 2 aromatic carbocycles. The monoisotopic (exact) mass is 354 g/mol. The SMILES string of the molecule is CCOc1cccc2c(NC(=O)c3cccc(OC)c3)c(C(N)=O)oc12. The van der Waals surface area contributed by atoms with Gasteiger partial charge in [-0.3, -0.25) is 9.59 Å². The number of rotatable bonds is 6. The van der Waals surface area contributed by atoms with Gasteiger partial charge in [-0.1, -0.05) is 12.1 Å². The minimum atomic E-state index is -0.787. The first-order valence-electron chi connectivity index (χ1n) is 7.98. The molecule has 0 saturated heterocycles. The van der Waals surface area contributed by atoms with Gasteiger partial charge in [0, 0.05) is 10.9 Å². The van der Waals surface area contributed by atoms with Crippen LogP contribution in [0.25, 0.3) is 11.0 Å². The van der Waals surface area contributed by atoms with Gasteiger partial charge in [0.2, 0.25) is 5.76 Å². The predicted octanol–water partition coefficient (Wildman–Crippen LogP) is 3.19. The first-order chi connectivity index (χ1) is 12.5. The second-order valence-electron chi connectivity index (χ2n) is 5.42. The second kappa shape index (κ2) is 7.18. The molecule has 0 aliphatic carbocycles. The number of carbonyl (C=O) groups is 2. The van der Waals surface area contributed by atoms with Crippen LogP contribution >= 0.6 is 0 Å². The zero-order valence-electron chi connectivity index (χ0n) is 14.4. The van der Waals surface area contributed by atoms with Crippen LogP contribution < -0.4 is 20.5 Å². The van der Waals surface area contributed by atoms with Crippen LogP contribution in [0.2, 0.25) is 0 Å². The van der Waals surface area contributed by atoms with Gasteiger partial charge in [-0.25, -0.2) is 0 Å². The first kappa shape index (κ1) is 17.3. The fourth-order valence-corrected chi connectivity index (χ4v) is 2.61. The summed E-state index contributed by atoms with van der Waals surface area (Å²) in [6.07, 6.45) is 0. The molecule has 1 heterocycles. The number of fused-ring (bicyclic) bond motifs is 1. The van der Waals surface area contributed by atoms with Crippen LogP contribution in [0, 0.1) is 0 Å². The molecule has 0 unspecified atom stereocenters. The number of para-hydroxylation sites is 1. The summed E-state index contributed by atoms with van der Waals surface area (Å²) in [5.74, 6) is -0.332. The van der Waals surface area contributed by atoms with Crippen molar-refractivity contribution in [3.05, 3.63) is 53.8 Å². The Morgan fingerprint density at radius 3 is 2.65 bits per heavy atom. The van der Waals surface area contributed by atoms with Crippen molar-refractivity contribution in [1.82, 2.24) is 0 Å². The molecule has 0 atom stereocenters. The third-order valence-corrected chi connectivity index (χ3v) is 3.77. The fourth-order valence-electron chi connectivity index (χ4n) is 2.61. The molecule has 0 bridgehead atoms. The molecule has 0 spiro atoms. The molecule has 3 N–H and O–H groups in total. The highest BCUT2D eigenvalue weighted by atomic mass is 16.5. The van der Waals surface area contributed by atoms with E-state index in [1.807, 2.05) is 6.92 Å². The lowest BCUT2D eigenvalue weighted by atomic mass is 10.1. The standard InChI is InChI=1S/C19H18N2O5/c1-3-25-14-9-5-8-13-15(17(18(20)22)26-16(13)14)21-19(23)11-6-4-7-12(10-11)24-2/h4-10H,3H2,1-2H3,(H2,20,22)(H,21,23). The molecule has 0 aliphatic heterocycles. The van der Waals surface area contributed by atoms with Crippen LogP contribution in [0.3, 0.4) is 0 Å². The van der Waals surface area contributed by atoms with Gasteiger partial charge in [0.05, 0.1) is 13.7 Å². The van der Waals surface area contributed by atoms with E-state index in [-0.39, 0.29) is 11.4 Å². The van der Waals surface area contributed by atoms with Crippen molar-refractivity contribution in [1.29, 1.82) is 0 Å². The molecular formula is C19H18N2O5. The van der Waals surface area contributed by atoms with Gasteiger partial charge in [-0.2, -0.15) is 0 Å². The molecule has 0 fully saturated rings. The number of ether oxygens (including phenoxy) is 2. The van der Waals surface area contributed by atoms with E-state index < -0.39 is 11.8 Å². The summed E-state index contributed by atoms with van der Waals surface area (Å²) >= 11 is 0. The molecule has 3 aromatic rings. The van der Waals surface area contributed by atoms with Crippen LogP contribution in [0.15, 0.2) is 46.9 Å². The summed E-state index contributed by atoms with van der Waals surface area (Å²) in [7, 11) is 1.51. The molecule has 2 amide bonds. The number of benzene rings is 2. The van der Waals surface area contributed by atoms with Gasteiger partial charge in [0.15, 0.2) is 11.3 Å². The quantitative estimate of drug-likeness (QED) is 0.707. The van der Waals surface area contributed by atoms with E-state index in [2.05, 4.69) is 5.32 Å². The van der Waals surface area contributed by atoms with Gasteiger partial charge >= 0.3 is 0 Å². The van der Waals surface area contributed by atoms with Gasteiger partial charge in [-0.05, 0) is 37.3 Å². The van der Waals surface area contributed by atoms with Crippen LogP contribution in [0.5, 0.6) is 11.5 Å². The summed E-state index contributed by atoms with van der Waals surface area (Å²) in [6, 6.07) is 11.8. The van der Waals surface area contributed by atoms with Gasteiger partial charge in [0.1, 0.15) is 11.4 Å². The third-order valence-electron chi connectivity index (χ3n) is 3.77. The maximum absolute atomic E-state index is 12.6. The Hall–Kier alpha value is -3.48. The maximum Gasteiger partial charge on any atom is 0.286 e. The Kier molecular flexibility index (Phi) is 4.79. The molecule has 7 nitrogen and oxygen atoms in total. The van der Waals surface area contributed by atoms with E-state index in [1.54, 1.807) is 42.5 Å². The minimum absolute atomic E-state index is 0.136. The lowest BCUT2D eigenvalue weighted by Gasteiger charge is -2.07. The van der Waals surface area contributed by atoms with Crippen LogP contribution in [0.1, 0.15) is 27.8 Å². The van der Waals surface area contributed by atoms with Crippen molar-refractivity contribution in [2.45, 2.75) is 6.92 Å². The van der Waals surface area contributed by atoms with E-state index in [0.717, 1.165) is 0 Å². The van der Waals surface area contributed by atoms with Crippen LogP contribution in [0.4, 0.5) is 5.69 Å². The number of primary amides is 1. The molecule has 1 aromatic heterocycles. The molecule has 0 radical (unpaired) electrons. The highest BCUT2D eigenvalue weighted by Gasteiger charge is 2.23. The molecule has 3 rings (SSSR count). The predicted molar refractivity (Wildman–Crippen MR) is 96.8 cm³/mol. The van der Waals surface area contributed by atoms with Crippen LogP contribution in [-0.2, 0) is 0 Å². The number of furan rings is 1. The molecule has 0 aliphatic rings. The summed E-state index contributed by atoms with van der Waals surface area (Å²) in [6.45, 7) is 2.26. The zero-order valence-corrected chi connectivity index (χ0v) is 14.4. The number of nitrogens with two attached hydrogens (primary N) is 1. The van der Waals surface area contributed by atoms with Crippen molar-refractivity contribution in [3.8, 4) is 11.5 Å². The van der Waals surface area contributed by atoms with Crippen LogP contribution in [-0.4, -0.2) is 25.5 Å². The van der Waals surface area contributed by atoms with E-state index in [1.165, 1.54) is 7.11 Å². The fraction of sp³-hybridized carbons (Fsp3) is 0.158. The second-order valence-corrected chi connectivity index (χ2v) is 5.42. The first-order valence-corrected chi connectivity index (χ1v) is 7.98. The number of nitrogens with one attached hydrogen (secondary N) is 1. The largest absolute Gasteiger partial charge is 0.497 e. The Labute approximate surface area is 149 Å². The van der Waals surface area contributed by atoms with E-state index >= 15 is 0 Å². The van der Waals surface area contributed by atoms with Gasteiger partial charge in [-0.15, -0.1) is 0 Å². The van der Waals surface area contributed by atoms with Gasteiger partial charge in [0.25, 0.3) is 11.8 Å². The highest BCUT2D eigenvalue weighted by Crippen LogP contribution is 2.36. The van der Waals surface area contributed by atoms with Crippen molar-refractivity contribution in [3.63, 3.8) is 0 Å². The van der Waals surface area contributed by atoms with Gasteiger partial charge < -0.3 is 24.9 Å². The Bertz CT molecular complexity index is 977. The summed E-state index contributed by atoms with van der Waals surface area (Å²) in [4.78, 5) is 24.4. The number of methoxy groups -OCH3 is 1. The van der Waals surface area contributed by atoms with E-state index in [4.69, 9.17) is 19.6 Å². The minimum Gasteiger partial charge on any atom is -0.497 e. The lowest BCUT2D eigenvalue weighted by Crippen LogP contribution is -2.17. The summed E-state index contributed by atoms with van der Waals surface area (Å²) in [5.41, 5.74) is 6.35. The van der Waals surface area contributed by atoms with Crippen molar-refractivity contribution in [2.24, 2.45) is 5.73 Å². The topological polar surface area (TPSA) is 104 Å². The average molecular weight is 354 g/mol. The molecular weight excluding hydrogens is 336 g/mol. The molecule has 0 saturated carbocycles. The molecule has 26 heavy (non-hydrogen) atoms. The maximum atomic E-state index is 12.6. The molecule has 7 heteroatoms. The average Bonchev–Trinajstić information content (AvgIpc) is 3.02. The number of carbonyl (C=O) groups excluding carboxylic acids is 2. The Morgan fingerprint density at radius 2 is 1.96 bits per heavy atom. The number of anilines is 1.